The molecule has 0 aliphatic heterocycles. The van der Waals surface area contributed by atoms with Crippen molar-refractivity contribution in [2.45, 2.75) is 0 Å². The third-order valence-corrected chi connectivity index (χ3v) is 9.87. The van der Waals surface area contributed by atoms with Gasteiger partial charge in [0.15, 0.2) is 0 Å². The molecular weight excluding hydrogens is 553 g/mol. The van der Waals surface area contributed by atoms with Crippen LogP contribution in [0, 0.1) is 0 Å². The van der Waals surface area contributed by atoms with Crippen molar-refractivity contribution in [1.82, 2.24) is 0 Å². The van der Waals surface area contributed by atoms with Crippen molar-refractivity contribution in [3.63, 3.8) is 0 Å². The molecule has 1 nitrogen and oxygen atoms in total. The summed E-state index contributed by atoms with van der Waals surface area (Å²) >= 11 is 1.87. The van der Waals surface area contributed by atoms with E-state index in [9.17, 15) is 0 Å². The SMILES string of the molecule is c1ccc(-c2cc(-c3ccccc3)cc(-c3cc(-c4cccc5oc6ccccc6c45)c4sc5ccccc5c4c3)c2)cc1. The first-order valence-corrected chi connectivity index (χ1v) is 15.7. The summed E-state index contributed by atoms with van der Waals surface area (Å²) in [6.07, 6.45) is 0. The van der Waals surface area contributed by atoms with Gasteiger partial charge in [-0.05, 0) is 87.5 Å². The Morgan fingerprint density at radius 1 is 0.364 bits per heavy atom. The van der Waals surface area contributed by atoms with Crippen LogP contribution in [0.5, 0.6) is 0 Å². The van der Waals surface area contributed by atoms with E-state index < -0.39 is 0 Å². The second kappa shape index (κ2) is 10.1. The average Bonchev–Trinajstić information content (AvgIpc) is 3.67. The molecule has 44 heavy (non-hydrogen) atoms. The average molecular weight is 579 g/mol. The highest BCUT2D eigenvalue weighted by Gasteiger charge is 2.18. The number of thiophene rings is 1. The fraction of sp³-hybridized carbons (Fsp3) is 0. The van der Waals surface area contributed by atoms with Crippen LogP contribution in [0.15, 0.2) is 162 Å². The third-order valence-electron chi connectivity index (χ3n) is 8.65. The van der Waals surface area contributed by atoms with E-state index in [1.807, 2.05) is 17.4 Å². The van der Waals surface area contributed by atoms with Gasteiger partial charge in [0.1, 0.15) is 11.2 Å². The number of furan rings is 1. The van der Waals surface area contributed by atoms with Gasteiger partial charge in [0, 0.05) is 36.5 Å². The molecular formula is C42H26OS. The standard InChI is InChI=1S/C42H26OS/c1-3-12-27(13-4-1)29-22-30(28-14-5-2-6-15-28)24-31(23-29)32-25-36-33-16-8-10-21-40(33)44-42(36)37(26-32)34-18-11-20-39-41(34)35-17-7-9-19-38(35)43-39/h1-26H. The van der Waals surface area contributed by atoms with Crippen LogP contribution >= 0.6 is 11.3 Å². The minimum Gasteiger partial charge on any atom is -0.456 e. The Hall–Kier alpha value is -5.44. The minimum atomic E-state index is 0.917. The van der Waals surface area contributed by atoms with Gasteiger partial charge in [0.25, 0.3) is 0 Å². The number of hydrogen-bond donors (Lipinski definition) is 0. The Labute approximate surface area is 259 Å². The number of benzene rings is 7. The normalized spacial score (nSPS) is 11.6. The highest BCUT2D eigenvalue weighted by molar-refractivity contribution is 7.26. The van der Waals surface area contributed by atoms with E-state index in [4.69, 9.17) is 4.42 Å². The highest BCUT2D eigenvalue weighted by Crippen LogP contribution is 2.46. The molecule has 0 N–H and O–H groups in total. The van der Waals surface area contributed by atoms with Gasteiger partial charge in [0.05, 0.1) is 0 Å². The predicted molar refractivity (Wildman–Crippen MR) is 188 cm³/mol. The molecule has 2 heterocycles. The predicted octanol–water partition coefficient (Wildman–Crippen LogP) is 12.6. The smallest absolute Gasteiger partial charge is 0.136 e. The summed E-state index contributed by atoms with van der Waals surface area (Å²) < 4.78 is 8.93. The molecule has 0 aliphatic carbocycles. The lowest BCUT2D eigenvalue weighted by Crippen LogP contribution is -1.88. The van der Waals surface area contributed by atoms with Crippen LogP contribution in [0.25, 0.3) is 86.6 Å². The molecule has 0 spiro atoms. The molecule has 0 saturated carbocycles. The first-order chi connectivity index (χ1) is 21.8. The summed E-state index contributed by atoms with van der Waals surface area (Å²) in [7, 11) is 0. The monoisotopic (exact) mass is 578 g/mol. The lowest BCUT2D eigenvalue weighted by Gasteiger charge is -2.14. The zero-order valence-electron chi connectivity index (χ0n) is 23.8. The van der Waals surface area contributed by atoms with E-state index >= 15 is 0 Å². The van der Waals surface area contributed by atoms with Gasteiger partial charge in [-0.25, -0.2) is 0 Å². The molecule has 206 valence electrons. The Kier molecular flexibility index (Phi) is 5.75. The van der Waals surface area contributed by atoms with E-state index in [0.29, 0.717) is 0 Å². The van der Waals surface area contributed by atoms with Gasteiger partial charge in [-0.2, -0.15) is 0 Å². The van der Waals surface area contributed by atoms with Crippen molar-refractivity contribution in [1.29, 1.82) is 0 Å². The molecule has 9 rings (SSSR count). The van der Waals surface area contributed by atoms with Crippen molar-refractivity contribution in [2.75, 3.05) is 0 Å². The first kappa shape index (κ1) is 25.1. The second-order valence-electron chi connectivity index (χ2n) is 11.3. The zero-order chi connectivity index (χ0) is 29.0. The van der Waals surface area contributed by atoms with Crippen molar-refractivity contribution in [2.24, 2.45) is 0 Å². The summed E-state index contributed by atoms with van der Waals surface area (Å²) in [6.45, 7) is 0. The first-order valence-electron chi connectivity index (χ1n) is 14.9. The molecule has 0 fully saturated rings. The summed E-state index contributed by atoms with van der Waals surface area (Å²) in [4.78, 5) is 0. The maximum atomic E-state index is 6.33. The topological polar surface area (TPSA) is 13.1 Å². The summed E-state index contributed by atoms with van der Waals surface area (Å²) in [6, 6.07) is 56.8. The van der Waals surface area contributed by atoms with Crippen molar-refractivity contribution >= 4 is 53.4 Å². The van der Waals surface area contributed by atoms with Gasteiger partial charge in [0.2, 0.25) is 0 Å². The summed E-state index contributed by atoms with van der Waals surface area (Å²) in [5.41, 5.74) is 11.5. The van der Waals surface area contributed by atoms with Crippen LogP contribution in [0.2, 0.25) is 0 Å². The number of para-hydroxylation sites is 1. The van der Waals surface area contributed by atoms with Gasteiger partial charge < -0.3 is 4.42 Å². The lowest BCUT2D eigenvalue weighted by atomic mass is 9.90. The van der Waals surface area contributed by atoms with Crippen molar-refractivity contribution < 1.29 is 4.42 Å². The molecule has 0 radical (unpaired) electrons. The Balaban J connectivity index is 1.37. The molecule has 2 heteroatoms. The van der Waals surface area contributed by atoms with Gasteiger partial charge >= 0.3 is 0 Å². The molecule has 0 aliphatic rings. The fourth-order valence-corrected chi connectivity index (χ4v) is 7.79. The molecule has 0 saturated heterocycles. The van der Waals surface area contributed by atoms with E-state index in [2.05, 4.69) is 152 Å². The maximum Gasteiger partial charge on any atom is 0.136 e. The summed E-state index contributed by atoms with van der Waals surface area (Å²) in [5.74, 6) is 0. The molecule has 0 amide bonds. The van der Waals surface area contributed by atoms with E-state index in [1.54, 1.807) is 0 Å². The van der Waals surface area contributed by atoms with Crippen LogP contribution < -0.4 is 0 Å². The Morgan fingerprint density at radius 3 is 1.66 bits per heavy atom. The molecule has 0 unspecified atom stereocenters. The van der Waals surface area contributed by atoms with Crippen molar-refractivity contribution in [3.8, 4) is 44.5 Å². The van der Waals surface area contributed by atoms with E-state index in [-0.39, 0.29) is 0 Å². The lowest BCUT2D eigenvalue weighted by molar-refractivity contribution is 0.669. The molecule has 0 bridgehead atoms. The van der Waals surface area contributed by atoms with Gasteiger partial charge in [-0.3, -0.25) is 0 Å². The highest BCUT2D eigenvalue weighted by atomic mass is 32.1. The fourth-order valence-electron chi connectivity index (χ4n) is 6.58. The molecule has 7 aromatic carbocycles. The van der Waals surface area contributed by atoms with Crippen molar-refractivity contribution in [3.05, 3.63) is 158 Å². The quantitative estimate of drug-likeness (QED) is 0.202. The minimum absolute atomic E-state index is 0.917. The molecule has 0 atom stereocenters. The summed E-state index contributed by atoms with van der Waals surface area (Å²) in [5, 5.41) is 4.90. The number of hydrogen-bond acceptors (Lipinski definition) is 2. The van der Waals surface area contributed by atoms with Crippen LogP contribution in [0.3, 0.4) is 0 Å². The maximum absolute atomic E-state index is 6.33. The Morgan fingerprint density at radius 2 is 0.932 bits per heavy atom. The van der Waals surface area contributed by atoms with Crippen LogP contribution in [0.4, 0.5) is 0 Å². The molecule has 2 aromatic heterocycles. The van der Waals surface area contributed by atoms with Crippen LogP contribution in [0.1, 0.15) is 0 Å². The third kappa shape index (κ3) is 4.07. The Bertz CT molecular complexity index is 2420. The van der Waals surface area contributed by atoms with Crippen LogP contribution in [-0.2, 0) is 0 Å². The zero-order valence-corrected chi connectivity index (χ0v) is 24.6. The second-order valence-corrected chi connectivity index (χ2v) is 12.4. The van der Waals surface area contributed by atoms with Gasteiger partial charge in [-0.15, -0.1) is 11.3 Å². The van der Waals surface area contributed by atoms with E-state index in [1.165, 1.54) is 70.1 Å². The van der Waals surface area contributed by atoms with Gasteiger partial charge in [-0.1, -0.05) is 109 Å². The van der Waals surface area contributed by atoms with Crippen LogP contribution in [-0.4, -0.2) is 0 Å². The largest absolute Gasteiger partial charge is 0.456 e. The number of rotatable bonds is 4. The molecule has 9 aromatic rings. The van der Waals surface area contributed by atoms with E-state index in [0.717, 1.165) is 16.6 Å². The number of fused-ring (bicyclic) bond motifs is 6.